The summed E-state index contributed by atoms with van der Waals surface area (Å²) < 4.78 is 0. The highest BCUT2D eigenvalue weighted by Crippen LogP contribution is 1.65. The van der Waals surface area contributed by atoms with Crippen LogP contribution in [0.1, 0.15) is 0 Å². The molecule has 0 rings (SSSR count). The minimum atomic E-state index is 1.62. The molecule has 1 heteroatoms. The monoisotopic (exact) mass is 915 g/mol. The number of hydrogen-bond donors (Lipinski definition) is 0. The van der Waals surface area contributed by atoms with Crippen molar-refractivity contribution >= 4 is 0 Å². The zero-order valence-corrected chi connectivity index (χ0v) is 38.0. The maximum absolute atomic E-state index is 8.21. The Hall–Kier alpha value is -16.8. The van der Waals surface area contributed by atoms with Crippen molar-refractivity contribution in [2.75, 3.05) is 0 Å². The lowest BCUT2D eigenvalue weighted by atomic mass is 10.4. The fourth-order valence-corrected chi connectivity index (χ4v) is 2.25. The van der Waals surface area contributed by atoms with E-state index in [0.717, 1.165) is 0 Å². The van der Waals surface area contributed by atoms with Gasteiger partial charge in [0.25, 0.3) is 0 Å². The minimum Gasteiger partial charge on any atom is -0.183 e. The van der Waals surface area contributed by atoms with Gasteiger partial charge < -0.3 is 0 Å². The fraction of sp³-hybridized carbons (Fsp3) is 0. The first kappa shape index (κ1) is 59.2. The standard InChI is InChI=1S/C75HN/c1-2-3-4-5-6-7-8-9-10-11-12-13-14-15-16-17-18-19-20-21-22-23-24-25-26-27-28-29-30-31-32-33-34-35-36-37-38-39-40-41-42-43-44-45-46-47-48-49-50-51-52-53-54-55-56-57-58-59-60-61-62-63-64-65-66-67-68-69-70-71-72-73-74-75-76/h1H. The van der Waals surface area contributed by atoms with E-state index in [-0.39, 0.29) is 0 Å². The van der Waals surface area contributed by atoms with Gasteiger partial charge in [0, 0.05) is 385 Å². The normalized spacial score (nSPS) is 3.92. The van der Waals surface area contributed by atoms with Crippen molar-refractivity contribution in [3.63, 3.8) is 0 Å². The van der Waals surface area contributed by atoms with Gasteiger partial charge in [-0.3, -0.25) is 0 Å². The lowest BCUT2D eigenvalue weighted by Gasteiger charge is -1.58. The van der Waals surface area contributed by atoms with Crippen LogP contribution >= 0.6 is 0 Å². The molecule has 0 bridgehead atoms. The van der Waals surface area contributed by atoms with E-state index in [0.29, 0.717) is 0 Å². The first-order valence-electron chi connectivity index (χ1n) is 18.8. The number of hydrogen-bond acceptors (Lipinski definition) is 1. The molecule has 0 N–H and O–H groups in total. The molecule has 0 saturated heterocycles. The van der Waals surface area contributed by atoms with Gasteiger partial charge in [0.05, 0.1) is 0 Å². The number of terminal acetylenes is 1. The van der Waals surface area contributed by atoms with Crippen molar-refractivity contribution < 1.29 is 0 Å². The van der Waals surface area contributed by atoms with Crippen molar-refractivity contribution in [3.8, 4) is 445 Å². The molecule has 0 aliphatic heterocycles. The Kier molecular flexibility index (Phi) is 45.4. The van der Waals surface area contributed by atoms with Gasteiger partial charge in [0.2, 0.25) is 0 Å². The SMILES string of the molecule is C#CC#CC#CC#CC#CC#CC#CC#CC#CC#CC#CC#CC#CC#CC#CC#CC#CC#CC#CC#CC#CC#CC#CC#CC#CC#CC#CC#CC#CC#CC#CC#CC#CC#CC#CC#CC#CC#N. The molecular formula is C75HN. The molecule has 0 amide bonds. The van der Waals surface area contributed by atoms with E-state index in [2.05, 4.69) is 432 Å². The predicted molar refractivity (Wildman–Crippen MR) is 294 cm³/mol. The van der Waals surface area contributed by atoms with Crippen LogP contribution in [0.4, 0.5) is 0 Å². The molecule has 1 nitrogen and oxygen atoms in total. The van der Waals surface area contributed by atoms with Crippen LogP contribution in [-0.2, 0) is 0 Å². The van der Waals surface area contributed by atoms with Crippen molar-refractivity contribution in [3.05, 3.63) is 0 Å². The Labute approximate surface area is 447 Å². The summed E-state index contributed by atoms with van der Waals surface area (Å²) in [6.45, 7) is 0. The molecule has 0 aliphatic rings. The van der Waals surface area contributed by atoms with E-state index in [4.69, 9.17) is 11.7 Å². The Balaban J connectivity index is 4.61. The number of nitriles is 1. The highest BCUT2D eigenvalue weighted by atomic mass is 14.2. The van der Waals surface area contributed by atoms with Gasteiger partial charge in [-0.25, -0.2) is 0 Å². The van der Waals surface area contributed by atoms with Gasteiger partial charge in [0.1, 0.15) is 0 Å². The van der Waals surface area contributed by atoms with Crippen LogP contribution in [-0.4, -0.2) is 0 Å². The number of rotatable bonds is 0. The average molecular weight is 916 g/mol. The first-order valence-corrected chi connectivity index (χ1v) is 18.8. The van der Waals surface area contributed by atoms with Crippen LogP contribution in [0, 0.1) is 450 Å². The molecule has 0 heterocycles. The summed E-state index contributed by atoms with van der Waals surface area (Å²) in [4.78, 5) is 0. The molecule has 0 radical (unpaired) electrons. The molecule has 0 fully saturated rings. The van der Waals surface area contributed by atoms with Crippen molar-refractivity contribution in [1.82, 2.24) is 0 Å². The summed E-state index contributed by atoms with van der Waals surface area (Å²) >= 11 is 0. The molecule has 0 aromatic rings. The summed E-state index contributed by atoms with van der Waals surface area (Å²) in [5.41, 5.74) is 0. The second-order valence-electron chi connectivity index (χ2n) is 9.26. The molecular weight excluding hydrogens is 915 g/mol. The van der Waals surface area contributed by atoms with E-state index < -0.39 is 0 Å². The molecule has 0 aliphatic carbocycles. The van der Waals surface area contributed by atoms with Crippen molar-refractivity contribution in [2.24, 2.45) is 0 Å². The minimum absolute atomic E-state index is 1.62. The Bertz CT molecular complexity index is 4780. The van der Waals surface area contributed by atoms with Gasteiger partial charge in [-0.15, -0.1) is 6.42 Å². The largest absolute Gasteiger partial charge is 0.183 e. The number of nitrogens with zero attached hydrogens (tertiary/aromatic N) is 1. The average Bonchev–Trinajstić information content (AvgIpc) is 3.43. The lowest BCUT2D eigenvalue weighted by Crippen LogP contribution is -1.57. The highest BCUT2D eigenvalue weighted by molar-refractivity contribution is 5.53. The van der Waals surface area contributed by atoms with E-state index >= 15 is 0 Å². The van der Waals surface area contributed by atoms with Gasteiger partial charge in [-0.2, -0.15) is 5.26 Å². The highest BCUT2D eigenvalue weighted by Gasteiger charge is 1.65. The summed E-state index contributed by atoms with van der Waals surface area (Å²) in [5.74, 6) is 180. The molecule has 306 valence electrons. The molecule has 0 aromatic heterocycles. The van der Waals surface area contributed by atoms with E-state index in [1.807, 2.05) is 0 Å². The van der Waals surface area contributed by atoms with E-state index in [9.17, 15) is 0 Å². The van der Waals surface area contributed by atoms with Gasteiger partial charge >= 0.3 is 0 Å². The third-order valence-electron chi connectivity index (χ3n) is 4.57. The quantitative estimate of drug-likeness (QED) is 0.321. The third-order valence-corrected chi connectivity index (χ3v) is 4.57. The lowest BCUT2D eigenvalue weighted by molar-refractivity contribution is 1.55. The Morgan fingerprint density at radius 1 is 0.105 bits per heavy atom. The first-order chi connectivity index (χ1) is 37.9. The third kappa shape index (κ3) is 57.2. The smallest absolute Gasteiger partial charge is 0.153 e. The molecule has 0 aromatic carbocycles. The van der Waals surface area contributed by atoms with E-state index in [1.54, 1.807) is 6.07 Å². The summed E-state index contributed by atoms with van der Waals surface area (Å²) in [6, 6.07) is 1.62. The van der Waals surface area contributed by atoms with Crippen LogP contribution < -0.4 is 0 Å². The van der Waals surface area contributed by atoms with Crippen LogP contribution in [0.15, 0.2) is 0 Å². The Morgan fingerprint density at radius 2 is 0.171 bits per heavy atom. The van der Waals surface area contributed by atoms with Crippen LogP contribution in [0.5, 0.6) is 0 Å². The zero-order chi connectivity index (χ0) is 54.3. The fourth-order valence-electron chi connectivity index (χ4n) is 2.25. The summed E-state index contributed by atoms with van der Waals surface area (Å²) in [5, 5.41) is 8.21. The van der Waals surface area contributed by atoms with Gasteiger partial charge in [-0.1, -0.05) is 0 Å². The zero-order valence-electron chi connectivity index (χ0n) is 38.0. The maximum Gasteiger partial charge on any atom is 0.153 e. The molecule has 0 spiro atoms. The van der Waals surface area contributed by atoms with Gasteiger partial charge in [-0.05, 0) is 47.4 Å². The molecule has 0 unspecified atom stereocenters. The van der Waals surface area contributed by atoms with Crippen LogP contribution in [0.2, 0.25) is 0 Å². The van der Waals surface area contributed by atoms with Crippen molar-refractivity contribution in [1.29, 1.82) is 5.26 Å². The Morgan fingerprint density at radius 3 is 0.237 bits per heavy atom. The van der Waals surface area contributed by atoms with Crippen LogP contribution in [0.25, 0.3) is 0 Å². The molecule has 76 heavy (non-hydrogen) atoms. The topological polar surface area (TPSA) is 23.8 Å². The second kappa shape index (κ2) is 58.2. The van der Waals surface area contributed by atoms with Gasteiger partial charge in [0.15, 0.2) is 6.07 Å². The van der Waals surface area contributed by atoms with Crippen LogP contribution in [0.3, 0.4) is 0 Å². The summed E-state index contributed by atoms with van der Waals surface area (Å²) in [7, 11) is 0. The molecule has 0 atom stereocenters. The second-order valence-corrected chi connectivity index (χ2v) is 9.26. The van der Waals surface area contributed by atoms with E-state index in [1.165, 1.54) is 0 Å². The maximum atomic E-state index is 8.21. The molecule has 0 saturated carbocycles. The predicted octanol–water partition coefficient (Wildman–Crippen LogP) is 0.266. The van der Waals surface area contributed by atoms with Crippen molar-refractivity contribution in [2.45, 2.75) is 0 Å². The summed E-state index contributed by atoms with van der Waals surface area (Å²) in [6.07, 6.45) is 4.95.